The minimum Gasteiger partial charge on any atom is -0.348 e. The van der Waals surface area contributed by atoms with Crippen molar-refractivity contribution < 1.29 is 13.2 Å². The monoisotopic (exact) mass is 277 g/mol. The molecule has 106 valence electrons. The lowest BCUT2D eigenvalue weighted by Crippen LogP contribution is -2.55. The maximum absolute atomic E-state index is 11.9. The van der Waals surface area contributed by atoms with E-state index in [1.54, 1.807) is 0 Å². The second-order valence-electron chi connectivity index (χ2n) is 4.74. The molecule has 18 heavy (non-hydrogen) atoms. The Balaban J connectivity index is 2.61. The Kier molecular flexibility index (Phi) is 5.12. The largest absolute Gasteiger partial charge is 0.348 e. The van der Waals surface area contributed by atoms with Crippen molar-refractivity contribution in [3.63, 3.8) is 0 Å². The molecule has 0 spiro atoms. The zero-order valence-electron chi connectivity index (χ0n) is 11.1. The van der Waals surface area contributed by atoms with Crippen LogP contribution in [-0.4, -0.2) is 49.6 Å². The molecule has 0 saturated carbocycles. The summed E-state index contributed by atoms with van der Waals surface area (Å²) in [7, 11) is -3.22. The lowest BCUT2D eigenvalue weighted by molar-refractivity contribution is -0.123. The van der Waals surface area contributed by atoms with Gasteiger partial charge in [-0.05, 0) is 19.3 Å². The Morgan fingerprint density at radius 1 is 1.39 bits per heavy atom. The van der Waals surface area contributed by atoms with Gasteiger partial charge in [0, 0.05) is 13.1 Å². The van der Waals surface area contributed by atoms with Gasteiger partial charge in [-0.2, -0.15) is 4.31 Å². The number of nitrogens with two attached hydrogens (primary N) is 1. The van der Waals surface area contributed by atoms with E-state index in [9.17, 15) is 13.2 Å². The van der Waals surface area contributed by atoms with E-state index in [2.05, 4.69) is 5.32 Å². The van der Waals surface area contributed by atoms with Crippen molar-refractivity contribution in [1.82, 2.24) is 9.62 Å². The second-order valence-corrected chi connectivity index (χ2v) is 6.83. The third-order valence-electron chi connectivity index (χ3n) is 3.67. The first-order valence-electron chi connectivity index (χ1n) is 6.38. The summed E-state index contributed by atoms with van der Waals surface area (Å²) in [5, 5.41) is 2.87. The van der Waals surface area contributed by atoms with Crippen LogP contribution < -0.4 is 11.1 Å². The summed E-state index contributed by atoms with van der Waals surface area (Å²) in [6.45, 7) is 4.62. The van der Waals surface area contributed by atoms with Gasteiger partial charge in [0.15, 0.2) is 0 Å². The molecule has 0 aromatic carbocycles. The van der Waals surface area contributed by atoms with Gasteiger partial charge in [0.05, 0.1) is 17.8 Å². The zero-order chi connectivity index (χ0) is 13.8. The second kappa shape index (κ2) is 5.99. The van der Waals surface area contributed by atoms with Crippen LogP contribution in [0.1, 0.15) is 33.1 Å². The molecule has 1 aliphatic rings. The van der Waals surface area contributed by atoms with Gasteiger partial charge in [-0.3, -0.25) is 4.79 Å². The van der Waals surface area contributed by atoms with Crippen LogP contribution in [0.5, 0.6) is 0 Å². The summed E-state index contributed by atoms with van der Waals surface area (Å²) < 4.78 is 24.4. The SMILES string of the molecule is CCC(CC)(CN)NC(=O)CN1CCCS1(=O)=O. The first-order chi connectivity index (χ1) is 8.39. The van der Waals surface area contributed by atoms with E-state index in [0.717, 1.165) is 12.8 Å². The molecule has 1 heterocycles. The lowest BCUT2D eigenvalue weighted by Gasteiger charge is -2.32. The van der Waals surface area contributed by atoms with E-state index in [0.29, 0.717) is 19.5 Å². The summed E-state index contributed by atoms with van der Waals surface area (Å²) in [5.74, 6) is -0.126. The van der Waals surface area contributed by atoms with Crippen molar-refractivity contribution in [2.24, 2.45) is 5.73 Å². The van der Waals surface area contributed by atoms with Gasteiger partial charge in [-0.1, -0.05) is 13.8 Å². The molecule has 1 amide bonds. The Hall–Kier alpha value is -0.660. The number of hydrogen-bond donors (Lipinski definition) is 2. The van der Waals surface area contributed by atoms with Crippen LogP contribution in [0.3, 0.4) is 0 Å². The molecule has 0 aromatic rings. The van der Waals surface area contributed by atoms with Crippen molar-refractivity contribution >= 4 is 15.9 Å². The first kappa shape index (κ1) is 15.4. The highest BCUT2D eigenvalue weighted by Crippen LogP contribution is 2.15. The highest BCUT2D eigenvalue weighted by molar-refractivity contribution is 7.89. The molecule has 1 rings (SSSR count). The molecular weight excluding hydrogens is 254 g/mol. The fraction of sp³-hybridized carbons (Fsp3) is 0.909. The molecule has 6 nitrogen and oxygen atoms in total. The summed E-state index contributed by atoms with van der Waals surface area (Å²) in [6, 6.07) is 0. The molecule has 1 fully saturated rings. The molecular formula is C11H23N3O3S. The van der Waals surface area contributed by atoms with Gasteiger partial charge in [0.25, 0.3) is 0 Å². The third kappa shape index (κ3) is 3.43. The molecule has 7 heteroatoms. The van der Waals surface area contributed by atoms with Crippen LogP contribution in [-0.2, 0) is 14.8 Å². The van der Waals surface area contributed by atoms with Gasteiger partial charge < -0.3 is 11.1 Å². The number of rotatable bonds is 6. The molecule has 0 radical (unpaired) electrons. The number of amides is 1. The van der Waals surface area contributed by atoms with Crippen LogP contribution in [0.4, 0.5) is 0 Å². The molecule has 3 N–H and O–H groups in total. The van der Waals surface area contributed by atoms with Gasteiger partial charge in [0.2, 0.25) is 15.9 Å². The molecule has 1 aliphatic heterocycles. The molecule has 0 aromatic heterocycles. The summed E-state index contributed by atoms with van der Waals surface area (Å²) in [4.78, 5) is 11.9. The summed E-state index contributed by atoms with van der Waals surface area (Å²) in [6.07, 6.45) is 2.07. The average molecular weight is 277 g/mol. The van der Waals surface area contributed by atoms with Crippen molar-refractivity contribution in [3.8, 4) is 0 Å². The molecule has 0 bridgehead atoms. The van der Waals surface area contributed by atoms with E-state index >= 15 is 0 Å². The van der Waals surface area contributed by atoms with E-state index < -0.39 is 15.6 Å². The highest BCUT2D eigenvalue weighted by atomic mass is 32.2. The van der Waals surface area contributed by atoms with Crippen molar-refractivity contribution in [2.75, 3.05) is 25.4 Å². The van der Waals surface area contributed by atoms with Crippen molar-refractivity contribution in [3.05, 3.63) is 0 Å². The maximum Gasteiger partial charge on any atom is 0.235 e. The molecule has 0 unspecified atom stereocenters. The van der Waals surface area contributed by atoms with Gasteiger partial charge in [-0.15, -0.1) is 0 Å². The number of hydrogen-bond acceptors (Lipinski definition) is 4. The van der Waals surface area contributed by atoms with Crippen LogP contribution >= 0.6 is 0 Å². The lowest BCUT2D eigenvalue weighted by atomic mass is 9.93. The van der Waals surface area contributed by atoms with Gasteiger partial charge in [-0.25, -0.2) is 8.42 Å². The molecule has 0 aliphatic carbocycles. The quantitative estimate of drug-likeness (QED) is 0.694. The van der Waals surface area contributed by atoms with Crippen molar-refractivity contribution in [1.29, 1.82) is 0 Å². The first-order valence-corrected chi connectivity index (χ1v) is 7.99. The van der Waals surface area contributed by atoms with E-state index in [4.69, 9.17) is 5.73 Å². The Morgan fingerprint density at radius 3 is 2.39 bits per heavy atom. The average Bonchev–Trinajstić information content (AvgIpc) is 2.66. The fourth-order valence-corrected chi connectivity index (χ4v) is 3.60. The van der Waals surface area contributed by atoms with E-state index in [1.807, 2.05) is 13.8 Å². The smallest absolute Gasteiger partial charge is 0.235 e. The molecule has 1 saturated heterocycles. The van der Waals surface area contributed by atoms with Gasteiger partial charge >= 0.3 is 0 Å². The number of nitrogens with zero attached hydrogens (tertiary/aromatic N) is 1. The fourth-order valence-electron chi connectivity index (χ4n) is 2.13. The normalized spacial score (nSPS) is 19.9. The number of carbonyl (C=O) groups is 1. The van der Waals surface area contributed by atoms with Crippen LogP contribution in [0.2, 0.25) is 0 Å². The predicted molar refractivity (Wildman–Crippen MR) is 70.5 cm³/mol. The van der Waals surface area contributed by atoms with Gasteiger partial charge in [0.1, 0.15) is 0 Å². The standard InChI is InChI=1S/C11H23N3O3S/c1-3-11(4-2,9-12)13-10(15)8-14-6-5-7-18(14,16)17/h3-9,12H2,1-2H3,(H,13,15). The Bertz CT molecular complexity index is 382. The Labute approximate surface area is 109 Å². The zero-order valence-corrected chi connectivity index (χ0v) is 11.9. The van der Waals surface area contributed by atoms with E-state index in [1.165, 1.54) is 4.31 Å². The Morgan fingerprint density at radius 2 is 2.00 bits per heavy atom. The number of nitrogens with one attached hydrogen (secondary N) is 1. The summed E-state index contributed by atoms with van der Waals surface area (Å²) >= 11 is 0. The minimum atomic E-state index is -3.22. The van der Waals surface area contributed by atoms with Crippen LogP contribution in [0.25, 0.3) is 0 Å². The highest BCUT2D eigenvalue weighted by Gasteiger charge is 2.32. The third-order valence-corrected chi connectivity index (χ3v) is 5.58. The topological polar surface area (TPSA) is 92.5 Å². The molecule has 0 atom stereocenters. The predicted octanol–water partition coefficient (Wildman–Crippen LogP) is -0.344. The van der Waals surface area contributed by atoms with E-state index in [-0.39, 0.29) is 18.2 Å². The maximum atomic E-state index is 11.9. The van der Waals surface area contributed by atoms with Crippen LogP contribution in [0.15, 0.2) is 0 Å². The minimum absolute atomic E-state index is 0.0932. The summed E-state index contributed by atoms with van der Waals surface area (Å²) in [5.41, 5.74) is 5.28. The van der Waals surface area contributed by atoms with Crippen molar-refractivity contribution in [2.45, 2.75) is 38.6 Å². The van der Waals surface area contributed by atoms with Crippen LogP contribution in [0, 0.1) is 0 Å². The number of sulfonamides is 1. The number of carbonyl (C=O) groups excluding carboxylic acids is 1.